The van der Waals surface area contributed by atoms with E-state index in [9.17, 15) is 0 Å². The third-order valence-electron chi connectivity index (χ3n) is 1.99. The summed E-state index contributed by atoms with van der Waals surface area (Å²) in [5.74, 6) is 0. The Morgan fingerprint density at radius 3 is 2.92 bits per heavy atom. The van der Waals surface area contributed by atoms with Crippen molar-refractivity contribution < 1.29 is 4.84 Å². The molecule has 1 aliphatic rings. The van der Waals surface area contributed by atoms with Crippen LogP contribution < -0.4 is 10.8 Å². The minimum Gasteiger partial charge on any atom is -0.399 e. The summed E-state index contributed by atoms with van der Waals surface area (Å²) >= 11 is 3.46. The summed E-state index contributed by atoms with van der Waals surface area (Å²) in [7, 11) is 0. The fraction of sp³-hybridized carbons (Fsp3) is 0.333. The maximum atomic E-state index is 5.64. The van der Waals surface area contributed by atoms with E-state index < -0.39 is 0 Å². The molecule has 0 aliphatic carbocycles. The van der Waals surface area contributed by atoms with Gasteiger partial charge in [-0.1, -0.05) is 0 Å². The first-order chi connectivity index (χ1) is 6.27. The fourth-order valence-corrected chi connectivity index (χ4v) is 1.96. The Morgan fingerprint density at radius 2 is 2.31 bits per heavy atom. The topological polar surface area (TPSA) is 38.5 Å². The first-order valence-electron chi connectivity index (χ1n) is 4.23. The number of rotatable bonds is 1. The van der Waals surface area contributed by atoms with Crippen LogP contribution in [0.4, 0.5) is 11.4 Å². The van der Waals surface area contributed by atoms with Crippen molar-refractivity contribution in [1.29, 1.82) is 0 Å². The molecule has 2 N–H and O–H groups in total. The maximum absolute atomic E-state index is 5.64. The van der Waals surface area contributed by atoms with E-state index in [-0.39, 0.29) is 0 Å². The van der Waals surface area contributed by atoms with Gasteiger partial charge >= 0.3 is 0 Å². The van der Waals surface area contributed by atoms with Gasteiger partial charge in [0, 0.05) is 16.7 Å². The van der Waals surface area contributed by atoms with Crippen molar-refractivity contribution in [3.63, 3.8) is 0 Å². The van der Waals surface area contributed by atoms with Crippen LogP contribution in [-0.4, -0.2) is 13.2 Å². The number of nitrogens with zero attached hydrogens (tertiary/aromatic N) is 1. The average Bonchev–Trinajstić information content (AvgIpc) is 2.56. The third kappa shape index (κ3) is 1.78. The van der Waals surface area contributed by atoms with Gasteiger partial charge in [0.2, 0.25) is 0 Å². The molecular weight excluding hydrogens is 232 g/mol. The van der Waals surface area contributed by atoms with Gasteiger partial charge in [-0.2, -0.15) is 0 Å². The molecule has 4 heteroatoms. The highest BCUT2D eigenvalue weighted by Crippen LogP contribution is 2.30. The third-order valence-corrected chi connectivity index (χ3v) is 2.63. The summed E-state index contributed by atoms with van der Waals surface area (Å²) in [6.45, 7) is 1.75. The lowest BCUT2D eigenvalue weighted by molar-refractivity contribution is 0.168. The lowest BCUT2D eigenvalue weighted by atomic mass is 10.3. The summed E-state index contributed by atoms with van der Waals surface area (Å²) in [5.41, 5.74) is 7.44. The molecule has 0 unspecified atom stereocenters. The van der Waals surface area contributed by atoms with Gasteiger partial charge in [0.15, 0.2) is 0 Å². The van der Waals surface area contributed by atoms with Crippen molar-refractivity contribution >= 4 is 27.3 Å². The van der Waals surface area contributed by atoms with Gasteiger partial charge in [0.05, 0.1) is 12.3 Å². The molecule has 1 fully saturated rings. The molecule has 1 saturated heterocycles. The molecule has 0 radical (unpaired) electrons. The average molecular weight is 243 g/mol. The second kappa shape index (κ2) is 3.55. The Balaban J connectivity index is 2.29. The number of anilines is 2. The second-order valence-electron chi connectivity index (χ2n) is 3.00. The van der Waals surface area contributed by atoms with Crippen molar-refractivity contribution in [2.75, 3.05) is 23.9 Å². The molecule has 2 rings (SSSR count). The SMILES string of the molecule is Nc1ccc(N2CCCO2)c(Br)c1. The zero-order chi connectivity index (χ0) is 9.26. The highest BCUT2D eigenvalue weighted by Gasteiger charge is 2.15. The van der Waals surface area contributed by atoms with Gasteiger partial charge in [-0.25, -0.2) is 0 Å². The van der Waals surface area contributed by atoms with E-state index in [0.29, 0.717) is 0 Å². The molecule has 0 aromatic heterocycles. The lowest BCUT2D eigenvalue weighted by Crippen LogP contribution is -2.16. The monoisotopic (exact) mass is 242 g/mol. The first kappa shape index (κ1) is 8.84. The summed E-state index contributed by atoms with van der Waals surface area (Å²) in [6.07, 6.45) is 1.08. The summed E-state index contributed by atoms with van der Waals surface area (Å²) in [6, 6.07) is 5.73. The Kier molecular flexibility index (Phi) is 2.42. The summed E-state index contributed by atoms with van der Waals surface area (Å²) in [5, 5.41) is 1.89. The minimum atomic E-state index is 0.759. The van der Waals surface area contributed by atoms with Gasteiger partial charge in [-0.3, -0.25) is 9.90 Å². The van der Waals surface area contributed by atoms with E-state index >= 15 is 0 Å². The summed E-state index contributed by atoms with van der Waals surface area (Å²) in [4.78, 5) is 5.42. The highest BCUT2D eigenvalue weighted by atomic mass is 79.9. The number of nitrogen functional groups attached to an aromatic ring is 1. The van der Waals surface area contributed by atoms with Crippen molar-refractivity contribution in [2.45, 2.75) is 6.42 Å². The van der Waals surface area contributed by atoms with E-state index in [1.807, 2.05) is 23.3 Å². The van der Waals surface area contributed by atoms with Crippen molar-refractivity contribution in [2.24, 2.45) is 0 Å². The molecule has 0 amide bonds. The molecule has 1 aliphatic heterocycles. The molecule has 0 spiro atoms. The van der Waals surface area contributed by atoms with Crippen LogP contribution >= 0.6 is 15.9 Å². The molecular formula is C9H11BrN2O. The van der Waals surface area contributed by atoms with Gasteiger partial charge < -0.3 is 5.73 Å². The first-order valence-corrected chi connectivity index (χ1v) is 5.02. The Bertz CT molecular complexity index is 310. The van der Waals surface area contributed by atoms with E-state index in [1.165, 1.54) is 0 Å². The van der Waals surface area contributed by atoms with Crippen LogP contribution in [0.15, 0.2) is 22.7 Å². The van der Waals surface area contributed by atoms with Crippen molar-refractivity contribution in [3.8, 4) is 0 Å². The van der Waals surface area contributed by atoms with Crippen LogP contribution in [0.3, 0.4) is 0 Å². The van der Waals surface area contributed by atoms with Crippen LogP contribution in [-0.2, 0) is 4.84 Å². The number of nitrogens with two attached hydrogens (primary N) is 1. The van der Waals surface area contributed by atoms with Gasteiger partial charge in [-0.05, 0) is 40.5 Å². The zero-order valence-electron chi connectivity index (χ0n) is 7.16. The molecule has 0 atom stereocenters. The predicted molar refractivity (Wildman–Crippen MR) is 56.5 cm³/mol. The van der Waals surface area contributed by atoms with Gasteiger partial charge in [-0.15, -0.1) is 0 Å². The molecule has 70 valence electrons. The fourth-order valence-electron chi connectivity index (χ4n) is 1.36. The van der Waals surface area contributed by atoms with Crippen LogP contribution in [0.2, 0.25) is 0 Å². The normalized spacial score (nSPS) is 16.5. The largest absolute Gasteiger partial charge is 0.399 e. The number of benzene rings is 1. The number of hydrogen-bond acceptors (Lipinski definition) is 3. The lowest BCUT2D eigenvalue weighted by Gasteiger charge is -2.17. The standard InChI is InChI=1S/C9H11BrN2O/c10-8-6-7(11)2-3-9(8)12-4-1-5-13-12/h2-3,6H,1,4-5,11H2. The van der Waals surface area contributed by atoms with E-state index in [1.54, 1.807) is 0 Å². The van der Waals surface area contributed by atoms with E-state index in [2.05, 4.69) is 15.9 Å². The predicted octanol–water partition coefficient (Wildman–Crippen LogP) is 2.17. The number of hydrogen-bond donors (Lipinski definition) is 1. The molecule has 1 heterocycles. The van der Waals surface area contributed by atoms with E-state index in [4.69, 9.17) is 10.6 Å². The van der Waals surface area contributed by atoms with Crippen molar-refractivity contribution in [3.05, 3.63) is 22.7 Å². The smallest absolute Gasteiger partial charge is 0.0780 e. The van der Waals surface area contributed by atoms with Gasteiger partial charge in [0.25, 0.3) is 0 Å². The Hall–Kier alpha value is -0.740. The molecule has 13 heavy (non-hydrogen) atoms. The number of halogens is 1. The molecule has 1 aromatic carbocycles. The maximum Gasteiger partial charge on any atom is 0.0780 e. The molecule has 1 aromatic rings. The molecule has 0 saturated carbocycles. The quantitative estimate of drug-likeness (QED) is 0.768. The van der Waals surface area contributed by atoms with E-state index in [0.717, 1.165) is 35.4 Å². The highest BCUT2D eigenvalue weighted by molar-refractivity contribution is 9.10. The van der Waals surface area contributed by atoms with Gasteiger partial charge in [0.1, 0.15) is 0 Å². The minimum absolute atomic E-state index is 0.759. The van der Waals surface area contributed by atoms with Crippen LogP contribution in [0, 0.1) is 0 Å². The molecule has 3 nitrogen and oxygen atoms in total. The number of hydroxylamine groups is 1. The summed E-state index contributed by atoms with van der Waals surface area (Å²) < 4.78 is 0.981. The molecule has 0 bridgehead atoms. The van der Waals surface area contributed by atoms with Crippen LogP contribution in [0.25, 0.3) is 0 Å². The van der Waals surface area contributed by atoms with Crippen LogP contribution in [0.5, 0.6) is 0 Å². The zero-order valence-corrected chi connectivity index (χ0v) is 8.75. The Labute approximate surface area is 85.6 Å². The second-order valence-corrected chi connectivity index (χ2v) is 3.85. The van der Waals surface area contributed by atoms with Crippen LogP contribution in [0.1, 0.15) is 6.42 Å². The van der Waals surface area contributed by atoms with Crippen molar-refractivity contribution in [1.82, 2.24) is 0 Å². The Morgan fingerprint density at radius 1 is 1.46 bits per heavy atom.